The predicted molar refractivity (Wildman–Crippen MR) is 69.0 cm³/mol. The molecular weight excluding hydrogens is 200 g/mol. The molecule has 0 bridgehead atoms. The second kappa shape index (κ2) is 7.04. The Balaban J connectivity index is 2.53. The van der Waals surface area contributed by atoms with E-state index in [0.717, 1.165) is 24.7 Å². The molecule has 90 valence electrons. The monoisotopic (exact) mass is 222 g/mol. The van der Waals surface area contributed by atoms with Crippen LogP contribution < -0.4 is 10.2 Å². The van der Waals surface area contributed by atoms with Crippen molar-refractivity contribution in [2.24, 2.45) is 0 Å². The van der Waals surface area contributed by atoms with E-state index in [2.05, 4.69) is 41.1 Å². The van der Waals surface area contributed by atoms with E-state index < -0.39 is 0 Å². The maximum absolute atomic E-state index is 4.28. The fraction of sp³-hybridized carbons (Fsp3) is 0.667. The Morgan fingerprint density at radius 2 is 2.06 bits per heavy atom. The van der Waals surface area contributed by atoms with Crippen LogP contribution in [-0.4, -0.2) is 30.1 Å². The number of nitrogens with zero attached hydrogens (tertiary/aromatic N) is 3. The van der Waals surface area contributed by atoms with Crippen LogP contribution >= 0.6 is 0 Å². The molecule has 1 rings (SSSR count). The molecule has 0 saturated heterocycles. The summed E-state index contributed by atoms with van der Waals surface area (Å²) in [6.45, 7) is 6.22. The van der Waals surface area contributed by atoms with E-state index in [0.29, 0.717) is 0 Å². The fourth-order valence-electron chi connectivity index (χ4n) is 1.55. The summed E-state index contributed by atoms with van der Waals surface area (Å²) in [5, 5.41) is 3.19. The molecule has 0 aliphatic carbocycles. The molecule has 0 aliphatic rings. The number of nitrogens with one attached hydrogen (secondary N) is 1. The van der Waals surface area contributed by atoms with E-state index in [9.17, 15) is 0 Å². The normalized spacial score (nSPS) is 10.2. The van der Waals surface area contributed by atoms with Gasteiger partial charge in [0, 0.05) is 26.2 Å². The van der Waals surface area contributed by atoms with Crippen molar-refractivity contribution in [2.45, 2.75) is 33.1 Å². The van der Waals surface area contributed by atoms with Crippen LogP contribution in [0.3, 0.4) is 0 Å². The molecule has 0 fully saturated rings. The van der Waals surface area contributed by atoms with Gasteiger partial charge in [-0.2, -0.15) is 0 Å². The lowest BCUT2D eigenvalue weighted by Gasteiger charge is -2.18. The summed E-state index contributed by atoms with van der Waals surface area (Å²) in [4.78, 5) is 10.6. The van der Waals surface area contributed by atoms with E-state index >= 15 is 0 Å². The second-order valence-electron chi connectivity index (χ2n) is 3.92. The third kappa shape index (κ3) is 4.04. The van der Waals surface area contributed by atoms with Crippen LogP contribution in [-0.2, 0) is 0 Å². The molecule has 0 aromatic carbocycles. The van der Waals surface area contributed by atoms with Crippen molar-refractivity contribution >= 4 is 11.6 Å². The van der Waals surface area contributed by atoms with Gasteiger partial charge in [-0.1, -0.05) is 19.8 Å². The predicted octanol–water partition coefficient (Wildman–Crippen LogP) is 2.53. The van der Waals surface area contributed by atoms with E-state index in [1.54, 1.807) is 6.33 Å². The summed E-state index contributed by atoms with van der Waals surface area (Å²) in [5.41, 5.74) is 0. The summed E-state index contributed by atoms with van der Waals surface area (Å²) >= 11 is 0. The molecule has 1 heterocycles. The lowest BCUT2D eigenvalue weighted by atomic mass is 10.2. The zero-order valence-electron chi connectivity index (χ0n) is 10.5. The SMILES string of the molecule is CCCCCN(C)c1cc(NCC)ncn1. The topological polar surface area (TPSA) is 41.0 Å². The summed E-state index contributed by atoms with van der Waals surface area (Å²) < 4.78 is 0. The van der Waals surface area contributed by atoms with E-state index in [1.807, 2.05) is 6.07 Å². The maximum atomic E-state index is 4.28. The average molecular weight is 222 g/mol. The highest BCUT2D eigenvalue weighted by Crippen LogP contribution is 2.13. The maximum Gasteiger partial charge on any atom is 0.133 e. The highest BCUT2D eigenvalue weighted by atomic mass is 15.2. The van der Waals surface area contributed by atoms with Gasteiger partial charge in [-0.3, -0.25) is 0 Å². The molecule has 4 heteroatoms. The third-order valence-electron chi connectivity index (χ3n) is 2.50. The van der Waals surface area contributed by atoms with Gasteiger partial charge < -0.3 is 10.2 Å². The van der Waals surface area contributed by atoms with Gasteiger partial charge in [-0.15, -0.1) is 0 Å². The van der Waals surface area contributed by atoms with Crippen molar-refractivity contribution in [3.63, 3.8) is 0 Å². The average Bonchev–Trinajstić information content (AvgIpc) is 2.30. The van der Waals surface area contributed by atoms with Crippen LogP contribution in [0.1, 0.15) is 33.1 Å². The highest BCUT2D eigenvalue weighted by Gasteiger charge is 2.03. The van der Waals surface area contributed by atoms with Gasteiger partial charge in [-0.25, -0.2) is 9.97 Å². The van der Waals surface area contributed by atoms with Crippen molar-refractivity contribution in [3.8, 4) is 0 Å². The minimum Gasteiger partial charge on any atom is -0.370 e. The molecule has 1 aromatic rings. The Morgan fingerprint density at radius 3 is 2.75 bits per heavy atom. The first kappa shape index (κ1) is 12.7. The molecule has 0 radical (unpaired) electrons. The molecule has 1 N–H and O–H groups in total. The molecule has 1 aromatic heterocycles. The number of hydrogen-bond acceptors (Lipinski definition) is 4. The standard InChI is InChI=1S/C12H22N4/c1-4-6-7-8-16(3)12-9-11(13-5-2)14-10-15-12/h9-10H,4-8H2,1-3H3,(H,13,14,15). The quantitative estimate of drug-likeness (QED) is 0.720. The first-order valence-electron chi connectivity index (χ1n) is 6.05. The Kier molecular flexibility index (Phi) is 5.61. The first-order chi connectivity index (χ1) is 7.77. The molecule has 16 heavy (non-hydrogen) atoms. The highest BCUT2D eigenvalue weighted by molar-refractivity contribution is 5.47. The van der Waals surface area contributed by atoms with E-state index in [4.69, 9.17) is 0 Å². The summed E-state index contributed by atoms with van der Waals surface area (Å²) in [5.74, 6) is 1.89. The van der Waals surface area contributed by atoms with Crippen molar-refractivity contribution in [2.75, 3.05) is 30.4 Å². The second-order valence-corrected chi connectivity index (χ2v) is 3.92. The molecule has 0 unspecified atom stereocenters. The minimum atomic E-state index is 0.885. The Bertz CT molecular complexity index is 301. The summed E-state index contributed by atoms with van der Waals surface area (Å²) in [6.07, 6.45) is 5.35. The van der Waals surface area contributed by atoms with E-state index in [1.165, 1.54) is 19.3 Å². The van der Waals surface area contributed by atoms with Gasteiger partial charge in [0.25, 0.3) is 0 Å². The molecule has 0 spiro atoms. The largest absolute Gasteiger partial charge is 0.370 e. The van der Waals surface area contributed by atoms with Gasteiger partial charge in [0.2, 0.25) is 0 Å². The van der Waals surface area contributed by atoms with Crippen LogP contribution in [0.4, 0.5) is 11.6 Å². The molecule has 0 amide bonds. The number of anilines is 2. The lowest BCUT2D eigenvalue weighted by Crippen LogP contribution is -2.20. The van der Waals surface area contributed by atoms with Crippen molar-refractivity contribution in [3.05, 3.63) is 12.4 Å². The Labute approximate surface area is 98.1 Å². The Morgan fingerprint density at radius 1 is 1.25 bits per heavy atom. The zero-order chi connectivity index (χ0) is 11.8. The third-order valence-corrected chi connectivity index (χ3v) is 2.50. The van der Waals surface area contributed by atoms with Gasteiger partial charge in [0.1, 0.15) is 18.0 Å². The molecule has 0 aliphatic heterocycles. The lowest BCUT2D eigenvalue weighted by molar-refractivity contribution is 0.701. The van der Waals surface area contributed by atoms with Crippen LogP contribution in [0.2, 0.25) is 0 Å². The number of hydrogen-bond donors (Lipinski definition) is 1. The van der Waals surface area contributed by atoms with Crippen LogP contribution in [0.25, 0.3) is 0 Å². The first-order valence-corrected chi connectivity index (χ1v) is 6.05. The van der Waals surface area contributed by atoms with Crippen LogP contribution in [0, 0.1) is 0 Å². The number of rotatable bonds is 7. The van der Waals surface area contributed by atoms with Crippen LogP contribution in [0.5, 0.6) is 0 Å². The van der Waals surface area contributed by atoms with Crippen LogP contribution in [0.15, 0.2) is 12.4 Å². The number of unbranched alkanes of at least 4 members (excludes halogenated alkanes) is 2. The molecule has 0 saturated carbocycles. The van der Waals surface area contributed by atoms with Crippen molar-refractivity contribution in [1.29, 1.82) is 0 Å². The smallest absolute Gasteiger partial charge is 0.133 e. The zero-order valence-corrected chi connectivity index (χ0v) is 10.5. The Hall–Kier alpha value is -1.32. The number of aromatic nitrogens is 2. The van der Waals surface area contributed by atoms with Gasteiger partial charge in [-0.05, 0) is 13.3 Å². The van der Waals surface area contributed by atoms with Crippen molar-refractivity contribution in [1.82, 2.24) is 9.97 Å². The summed E-state index contributed by atoms with van der Waals surface area (Å²) in [6, 6.07) is 2.00. The molecule has 4 nitrogen and oxygen atoms in total. The van der Waals surface area contributed by atoms with Gasteiger partial charge in [0.05, 0.1) is 0 Å². The molecular formula is C12H22N4. The van der Waals surface area contributed by atoms with Gasteiger partial charge >= 0.3 is 0 Å². The van der Waals surface area contributed by atoms with Gasteiger partial charge in [0.15, 0.2) is 0 Å². The van der Waals surface area contributed by atoms with Crippen molar-refractivity contribution < 1.29 is 0 Å². The fourth-order valence-corrected chi connectivity index (χ4v) is 1.55. The van der Waals surface area contributed by atoms with E-state index in [-0.39, 0.29) is 0 Å². The summed E-state index contributed by atoms with van der Waals surface area (Å²) in [7, 11) is 2.08. The minimum absolute atomic E-state index is 0.885. The molecule has 0 atom stereocenters.